The summed E-state index contributed by atoms with van der Waals surface area (Å²) in [6, 6.07) is 13.6. The van der Waals surface area contributed by atoms with E-state index in [1.807, 2.05) is 0 Å². The molecule has 1 aliphatic rings. The molecule has 28 heavy (non-hydrogen) atoms. The third kappa shape index (κ3) is 3.95. The molecular formula is C18H20N2O6S2. The maximum absolute atomic E-state index is 12.9. The van der Waals surface area contributed by atoms with Gasteiger partial charge in [0.05, 0.1) is 22.5 Å². The van der Waals surface area contributed by atoms with Crippen molar-refractivity contribution in [2.45, 2.75) is 9.79 Å². The highest BCUT2D eigenvalue weighted by Crippen LogP contribution is 2.22. The summed E-state index contributed by atoms with van der Waals surface area (Å²) in [5.41, 5.74) is 0.133. The summed E-state index contributed by atoms with van der Waals surface area (Å²) < 4.78 is 58.2. The molecule has 0 spiro atoms. The number of carbonyl (C=O) groups excluding carboxylic acids is 1. The smallest absolute Gasteiger partial charge is 0.337 e. The summed E-state index contributed by atoms with van der Waals surface area (Å²) in [5, 5.41) is 0. The van der Waals surface area contributed by atoms with Gasteiger partial charge in [0.25, 0.3) is 0 Å². The van der Waals surface area contributed by atoms with Crippen LogP contribution < -0.4 is 0 Å². The molecule has 1 heterocycles. The van der Waals surface area contributed by atoms with Gasteiger partial charge >= 0.3 is 5.97 Å². The summed E-state index contributed by atoms with van der Waals surface area (Å²) >= 11 is 0. The van der Waals surface area contributed by atoms with Crippen LogP contribution in [0.5, 0.6) is 0 Å². The molecule has 10 heteroatoms. The van der Waals surface area contributed by atoms with Crippen LogP contribution in [0.2, 0.25) is 0 Å². The number of esters is 1. The highest BCUT2D eigenvalue weighted by Gasteiger charge is 2.33. The Kier molecular flexibility index (Phi) is 5.84. The maximum atomic E-state index is 12.9. The lowest BCUT2D eigenvalue weighted by atomic mass is 10.2. The molecule has 8 nitrogen and oxygen atoms in total. The Hall–Kier alpha value is -2.27. The summed E-state index contributed by atoms with van der Waals surface area (Å²) in [7, 11) is -6.30. The summed E-state index contributed by atoms with van der Waals surface area (Å²) in [6.07, 6.45) is 0. The molecule has 1 aliphatic heterocycles. The fraction of sp³-hybridized carbons (Fsp3) is 0.278. The SMILES string of the molecule is COC(=O)c1cccc(S(=O)(=O)N2CCN(S(=O)(=O)c3ccccc3)CC2)c1. The molecule has 0 radical (unpaired) electrons. The Morgan fingerprint density at radius 2 is 1.29 bits per heavy atom. The molecule has 0 unspecified atom stereocenters. The molecule has 0 amide bonds. The minimum Gasteiger partial charge on any atom is -0.465 e. The average Bonchev–Trinajstić information content (AvgIpc) is 2.74. The first-order chi connectivity index (χ1) is 13.3. The van der Waals surface area contributed by atoms with E-state index in [1.165, 1.54) is 52.1 Å². The minimum atomic E-state index is -3.86. The van der Waals surface area contributed by atoms with E-state index >= 15 is 0 Å². The Morgan fingerprint density at radius 3 is 1.82 bits per heavy atom. The quantitative estimate of drug-likeness (QED) is 0.668. The van der Waals surface area contributed by atoms with Gasteiger partial charge in [-0.1, -0.05) is 24.3 Å². The highest BCUT2D eigenvalue weighted by molar-refractivity contribution is 7.89. The highest BCUT2D eigenvalue weighted by atomic mass is 32.2. The van der Waals surface area contributed by atoms with E-state index in [9.17, 15) is 21.6 Å². The largest absolute Gasteiger partial charge is 0.465 e. The number of hydrogen-bond donors (Lipinski definition) is 0. The number of methoxy groups -OCH3 is 1. The van der Waals surface area contributed by atoms with E-state index in [2.05, 4.69) is 4.74 Å². The third-order valence-electron chi connectivity index (χ3n) is 4.47. The monoisotopic (exact) mass is 424 g/mol. The van der Waals surface area contributed by atoms with Crippen molar-refractivity contribution in [3.8, 4) is 0 Å². The van der Waals surface area contributed by atoms with Gasteiger partial charge in [-0.05, 0) is 30.3 Å². The molecule has 0 saturated carbocycles. The van der Waals surface area contributed by atoms with Crippen molar-refractivity contribution in [1.82, 2.24) is 8.61 Å². The lowest BCUT2D eigenvalue weighted by Gasteiger charge is -2.33. The zero-order valence-electron chi connectivity index (χ0n) is 15.2. The Balaban J connectivity index is 1.77. The van der Waals surface area contributed by atoms with Crippen molar-refractivity contribution in [2.75, 3.05) is 33.3 Å². The van der Waals surface area contributed by atoms with Crippen LogP contribution >= 0.6 is 0 Å². The summed E-state index contributed by atoms with van der Waals surface area (Å²) in [4.78, 5) is 11.8. The van der Waals surface area contributed by atoms with Crippen LogP contribution in [0, 0.1) is 0 Å². The number of sulfonamides is 2. The predicted octanol–water partition coefficient (Wildman–Crippen LogP) is 1.17. The second-order valence-corrected chi connectivity index (χ2v) is 10.0. The molecule has 0 aliphatic carbocycles. The van der Waals surface area contributed by atoms with E-state index in [4.69, 9.17) is 0 Å². The molecule has 2 aromatic rings. The second kappa shape index (κ2) is 8.00. The fourth-order valence-corrected chi connectivity index (χ4v) is 5.85. The van der Waals surface area contributed by atoms with Gasteiger partial charge in [-0.25, -0.2) is 21.6 Å². The van der Waals surface area contributed by atoms with Crippen LogP contribution in [0.15, 0.2) is 64.4 Å². The number of rotatable bonds is 5. The first-order valence-electron chi connectivity index (χ1n) is 8.50. The Bertz CT molecular complexity index is 1060. The van der Waals surface area contributed by atoms with Crippen LogP contribution in [-0.4, -0.2) is 64.7 Å². The standard InChI is InChI=1S/C18H20N2O6S2/c1-26-18(21)15-6-5-9-17(14-15)28(24,25)20-12-10-19(11-13-20)27(22,23)16-7-3-2-4-8-16/h2-9,14H,10-13H2,1H3. The van der Waals surface area contributed by atoms with Gasteiger partial charge in [0.1, 0.15) is 0 Å². The molecule has 1 saturated heterocycles. The zero-order valence-corrected chi connectivity index (χ0v) is 16.8. The summed E-state index contributed by atoms with van der Waals surface area (Å²) in [6.45, 7) is 0.147. The number of carbonyl (C=O) groups is 1. The van der Waals surface area contributed by atoms with Crippen molar-refractivity contribution in [3.05, 3.63) is 60.2 Å². The van der Waals surface area contributed by atoms with Crippen molar-refractivity contribution in [3.63, 3.8) is 0 Å². The molecule has 0 aromatic heterocycles. The third-order valence-corrected chi connectivity index (χ3v) is 8.28. The van der Waals surface area contributed by atoms with Crippen molar-refractivity contribution < 1.29 is 26.4 Å². The topological polar surface area (TPSA) is 101 Å². The minimum absolute atomic E-state index is 0.0247. The van der Waals surface area contributed by atoms with Crippen LogP contribution in [-0.2, 0) is 24.8 Å². The van der Waals surface area contributed by atoms with E-state index in [-0.39, 0.29) is 41.5 Å². The lowest BCUT2D eigenvalue weighted by Crippen LogP contribution is -2.50. The van der Waals surface area contributed by atoms with E-state index in [0.717, 1.165) is 0 Å². The van der Waals surface area contributed by atoms with Gasteiger partial charge in [-0.2, -0.15) is 8.61 Å². The van der Waals surface area contributed by atoms with Crippen molar-refractivity contribution >= 4 is 26.0 Å². The molecule has 1 fully saturated rings. The molecular weight excluding hydrogens is 404 g/mol. The number of ether oxygens (including phenoxy) is 1. The predicted molar refractivity (Wildman–Crippen MR) is 102 cm³/mol. The number of piperazine rings is 1. The van der Waals surface area contributed by atoms with Gasteiger partial charge in [0.2, 0.25) is 20.0 Å². The van der Waals surface area contributed by atoms with Gasteiger partial charge < -0.3 is 4.74 Å². The molecule has 0 atom stereocenters. The normalized spacial score (nSPS) is 16.6. The number of nitrogens with zero attached hydrogens (tertiary/aromatic N) is 2. The first-order valence-corrected chi connectivity index (χ1v) is 11.4. The number of hydrogen-bond acceptors (Lipinski definition) is 6. The van der Waals surface area contributed by atoms with Gasteiger partial charge in [0, 0.05) is 26.2 Å². The molecule has 2 aromatic carbocycles. The van der Waals surface area contributed by atoms with Gasteiger partial charge in [-0.3, -0.25) is 0 Å². The van der Waals surface area contributed by atoms with Crippen molar-refractivity contribution in [2.24, 2.45) is 0 Å². The van der Waals surface area contributed by atoms with Gasteiger partial charge in [-0.15, -0.1) is 0 Å². The van der Waals surface area contributed by atoms with Crippen LogP contribution in [0.25, 0.3) is 0 Å². The maximum Gasteiger partial charge on any atom is 0.337 e. The average molecular weight is 425 g/mol. The Labute approximate surface area is 164 Å². The van der Waals surface area contributed by atoms with Crippen LogP contribution in [0.3, 0.4) is 0 Å². The molecule has 0 bridgehead atoms. The lowest BCUT2D eigenvalue weighted by molar-refractivity contribution is 0.0600. The second-order valence-electron chi connectivity index (χ2n) is 6.14. The van der Waals surface area contributed by atoms with Crippen LogP contribution in [0.4, 0.5) is 0 Å². The zero-order chi connectivity index (χ0) is 20.4. The summed E-state index contributed by atoms with van der Waals surface area (Å²) in [5.74, 6) is -0.629. The molecule has 3 rings (SSSR count). The molecule has 0 N–H and O–H groups in total. The molecule has 150 valence electrons. The first kappa shape index (κ1) is 20.5. The number of benzene rings is 2. The van der Waals surface area contributed by atoms with E-state index in [1.54, 1.807) is 18.2 Å². The van der Waals surface area contributed by atoms with E-state index < -0.39 is 26.0 Å². The van der Waals surface area contributed by atoms with Gasteiger partial charge in [0.15, 0.2) is 0 Å². The van der Waals surface area contributed by atoms with Crippen LogP contribution in [0.1, 0.15) is 10.4 Å². The van der Waals surface area contributed by atoms with E-state index in [0.29, 0.717) is 0 Å². The fourth-order valence-electron chi connectivity index (χ4n) is 2.94. The Morgan fingerprint density at radius 1 is 0.786 bits per heavy atom. The van der Waals surface area contributed by atoms with Crippen molar-refractivity contribution in [1.29, 1.82) is 0 Å².